The zero-order valence-electron chi connectivity index (χ0n) is 17.3. The monoisotopic (exact) mass is 470 g/mol. The number of nitrogens with zero attached hydrogens (tertiary/aromatic N) is 2. The summed E-state index contributed by atoms with van der Waals surface area (Å²) >= 11 is 0.874. The van der Waals surface area contributed by atoms with E-state index in [9.17, 15) is 28.6 Å². The Morgan fingerprint density at radius 3 is 2.15 bits per heavy atom. The lowest BCUT2D eigenvalue weighted by molar-refractivity contribution is 0.0605. The number of hydrogen-bond acceptors (Lipinski definition) is 7. The second kappa shape index (κ2) is 8.47. The van der Waals surface area contributed by atoms with Gasteiger partial charge in [-0.15, -0.1) is 0 Å². The van der Waals surface area contributed by atoms with Crippen LogP contribution >= 0.6 is 11.3 Å². The summed E-state index contributed by atoms with van der Waals surface area (Å²) in [7, 11) is 1.21. The number of carbonyl (C=O) groups is 2. The summed E-state index contributed by atoms with van der Waals surface area (Å²) < 4.78 is 32.8. The van der Waals surface area contributed by atoms with E-state index in [1.54, 1.807) is 6.92 Å². The maximum atomic E-state index is 13.6. The first-order valence-electron chi connectivity index (χ1n) is 9.51. The van der Waals surface area contributed by atoms with E-state index in [0.717, 1.165) is 40.2 Å². The highest BCUT2D eigenvalue weighted by atomic mass is 32.1. The van der Waals surface area contributed by atoms with E-state index in [-0.39, 0.29) is 32.4 Å². The van der Waals surface area contributed by atoms with Gasteiger partial charge in [-0.25, -0.2) is 18.6 Å². The molecule has 0 aliphatic carbocycles. The zero-order chi connectivity index (χ0) is 23.9. The number of aromatic nitrogens is 2. The lowest BCUT2D eigenvalue weighted by Crippen LogP contribution is -2.05. The van der Waals surface area contributed by atoms with Crippen molar-refractivity contribution in [3.63, 3.8) is 0 Å². The Morgan fingerprint density at radius 1 is 1.00 bits per heavy atom. The van der Waals surface area contributed by atoms with Gasteiger partial charge < -0.3 is 14.9 Å². The van der Waals surface area contributed by atoms with Crippen molar-refractivity contribution in [2.24, 2.45) is 0 Å². The Kier molecular flexibility index (Phi) is 5.69. The molecule has 2 heterocycles. The molecule has 0 radical (unpaired) electrons. The normalized spacial score (nSPS) is 10.9. The summed E-state index contributed by atoms with van der Waals surface area (Å²) in [6.07, 6.45) is 0. The number of aromatic hydroxyl groups is 2. The molecule has 33 heavy (non-hydrogen) atoms. The fourth-order valence-electron chi connectivity index (χ4n) is 3.34. The Hall–Kier alpha value is -4.05. The molecule has 0 saturated heterocycles. The van der Waals surface area contributed by atoms with Gasteiger partial charge in [-0.2, -0.15) is 0 Å². The van der Waals surface area contributed by atoms with Crippen LogP contribution in [0.4, 0.5) is 8.78 Å². The van der Waals surface area contributed by atoms with Crippen LogP contribution in [-0.4, -0.2) is 38.6 Å². The van der Waals surface area contributed by atoms with E-state index in [1.807, 2.05) is 0 Å². The van der Waals surface area contributed by atoms with Crippen molar-refractivity contribution in [3.8, 4) is 28.0 Å². The Morgan fingerprint density at radius 2 is 1.58 bits per heavy atom. The van der Waals surface area contributed by atoms with Crippen LogP contribution in [-0.2, 0) is 4.74 Å². The van der Waals surface area contributed by atoms with Crippen LogP contribution in [0, 0.1) is 18.6 Å². The predicted octanol–water partition coefficient (Wildman–Crippen LogP) is 4.62. The van der Waals surface area contributed by atoms with Gasteiger partial charge in [0.15, 0.2) is 16.7 Å². The second-order valence-corrected chi connectivity index (χ2v) is 7.95. The lowest BCUT2D eigenvalue weighted by atomic mass is 9.99. The number of methoxy groups -OCH3 is 1. The fraction of sp³-hybridized carbons (Fsp3) is 0.0870. The Labute approximate surface area is 190 Å². The number of carbonyl (C=O) groups excluding carboxylic acids is 2. The number of benzene rings is 2. The van der Waals surface area contributed by atoms with Crippen LogP contribution in [0.25, 0.3) is 16.4 Å². The maximum Gasteiger partial charge on any atom is 0.350 e. The quantitative estimate of drug-likeness (QED) is 0.326. The van der Waals surface area contributed by atoms with Crippen LogP contribution in [0.1, 0.15) is 31.3 Å². The average molecular weight is 470 g/mol. The molecule has 0 unspecified atom stereocenters. The molecule has 0 saturated carbocycles. The summed E-state index contributed by atoms with van der Waals surface area (Å²) in [5.41, 5.74) is 0.372. The van der Waals surface area contributed by atoms with Crippen molar-refractivity contribution < 1.29 is 33.3 Å². The molecular weight excluding hydrogens is 454 g/mol. The molecule has 4 rings (SSSR count). The van der Waals surface area contributed by atoms with E-state index in [2.05, 4.69) is 4.98 Å². The summed E-state index contributed by atoms with van der Waals surface area (Å²) in [6.45, 7) is 1.56. The second-order valence-electron chi connectivity index (χ2n) is 6.98. The minimum absolute atomic E-state index is 0.0180. The smallest absolute Gasteiger partial charge is 0.350 e. The molecule has 0 amide bonds. The van der Waals surface area contributed by atoms with Gasteiger partial charge in [-0.3, -0.25) is 9.36 Å². The summed E-state index contributed by atoms with van der Waals surface area (Å²) in [5, 5.41) is 21.6. The van der Waals surface area contributed by atoms with Gasteiger partial charge in [0.1, 0.15) is 16.5 Å². The molecule has 2 aromatic heterocycles. The van der Waals surface area contributed by atoms with E-state index in [0.29, 0.717) is 5.69 Å². The van der Waals surface area contributed by atoms with Crippen LogP contribution < -0.4 is 0 Å². The number of halogens is 2. The number of esters is 1. The van der Waals surface area contributed by atoms with Crippen molar-refractivity contribution >= 4 is 23.1 Å². The number of hydrogen-bond donors (Lipinski definition) is 2. The molecular formula is C23H16F2N2O5S. The third-order valence-corrected chi connectivity index (χ3v) is 6.04. The Bertz CT molecular complexity index is 1380. The van der Waals surface area contributed by atoms with Crippen LogP contribution in [0.15, 0.2) is 48.5 Å². The van der Waals surface area contributed by atoms with Crippen LogP contribution in [0.5, 0.6) is 11.6 Å². The van der Waals surface area contributed by atoms with E-state index in [4.69, 9.17) is 4.74 Å². The van der Waals surface area contributed by atoms with Gasteiger partial charge in [0.2, 0.25) is 5.88 Å². The minimum Gasteiger partial charge on any atom is -0.503 e. The molecule has 168 valence electrons. The number of ether oxygens (including phenoxy) is 1. The molecule has 2 aromatic carbocycles. The molecule has 0 bridgehead atoms. The van der Waals surface area contributed by atoms with Crippen LogP contribution in [0.2, 0.25) is 0 Å². The van der Waals surface area contributed by atoms with E-state index < -0.39 is 35.0 Å². The number of aryl methyl sites for hydroxylation is 1. The van der Waals surface area contributed by atoms with Crippen molar-refractivity contribution in [3.05, 3.63) is 81.9 Å². The first-order valence-corrected chi connectivity index (χ1v) is 10.3. The highest BCUT2D eigenvalue weighted by molar-refractivity contribution is 7.16. The highest BCUT2D eigenvalue weighted by Gasteiger charge is 2.31. The molecule has 4 aromatic rings. The van der Waals surface area contributed by atoms with Crippen molar-refractivity contribution in [1.82, 2.24) is 9.55 Å². The molecule has 0 atom stereocenters. The standard InChI is InChI=1S/C23H16F2N2O5S/c1-11-20(22(31)32-2)33-23(26-11)27-17(12-3-7-14(24)8-4-12)16(19(29)21(27)30)18(28)13-5-9-15(25)10-6-13/h3-10,29-30H,1-2H3. The Balaban J connectivity index is 2.01. The molecule has 0 aliphatic heterocycles. The first kappa shape index (κ1) is 22.2. The van der Waals surface area contributed by atoms with Crippen molar-refractivity contribution in [1.29, 1.82) is 0 Å². The van der Waals surface area contributed by atoms with Gasteiger partial charge in [0, 0.05) is 5.56 Å². The van der Waals surface area contributed by atoms with Crippen LogP contribution in [0.3, 0.4) is 0 Å². The molecule has 0 fully saturated rings. The fourth-order valence-corrected chi connectivity index (χ4v) is 4.33. The third-order valence-electron chi connectivity index (χ3n) is 4.92. The predicted molar refractivity (Wildman–Crippen MR) is 116 cm³/mol. The summed E-state index contributed by atoms with van der Waals surface area (Å²) in [4.78, 5) is 29.8. The largest absolute Gasteiger partial charge is 0.503 e. The molecule has 10 heteroatoms. The van der Waals surface area contributed by atoms with E-state index in [1.165, 1.54) is 31.4 Å². The lowest BCUT2D eigenvalue weighted by Gasteiger charge is -2.09. The molecule has 7 nitrogen and oxygen atoms in total. The maximum absolute atomic E-state index is 13.6. The topological polar surface area (TPSA) is 102 Å². The third kappa shape index (κ3) is 3.85. The molecule has 2 N–H and O–H groups in total. The SMILES string of the molecule is COC(=O)c1sc(-n2c(O)c(O)c(C(=O)c3ccc(F)cc3)c2-c2ccc(F)cc2)nc1C. The number of thiazole rings is 1. The summed E-state index contributed by atoms with van der Waals surface area (Å²) in [6, 6.07) is 9.69. The van der Waals surface area contributed by atoms with Gasteiger partial charge in [0.05, 0.1) is 24.1 Å². The number of ketones is 1. The highest BCUT2D eigenvalue weighted by Crippen LogP contribution is 2.45. The van der Waals surface area contributed by atoms with E-state index >= 15 is 0 Å². The number of rotatable bonds is 5. The van der Waals surface area contributed by atoms with Crippen molar-refractivity contribution in [2.45, 2.75) is 6.92 Å². The van der Waals surface area contributed by atoms with Gasteiger partial charge >= 0.3 is 5.97 Å². The van der Waals surface area contributed by atoms with Gasteiger partial charge in [-0.05, 0) is 61.0 Å². The van der Waals surface area contributed by atoms with Crippen molar-refractivity contribution in [2.75, 3.05) is 7.11 Å². The zero-order valence-corrected chi connectivity index (χ0v) is 18.1. The molecule has 0 aliphatic rings. The minimum atomic E-state index is -0.740. The van der Waals surface area contributed by atoms with Gasteiger partial charge in [-0.1, -0.05) is 11.3 Å². The average Bonchev–Trinajstić information content (AvgIpc) is 3.31. The first-order chi connectivity index (χ1) is 15.7. The molecule has 0 spiro atoms. The summed E-state index contributed by atoms with van der Waals surface area (Å²) in [5.74, 6) is -3.88. The van der Waals surface area contributed by atoms with Gasteiger partial charge in [0.25, 0.3) is 0 Å².